The zero-order chi connectivity index (χ0) is 16.8. The lowest BCUT2D eigenvalue weighted by Gasteiger charge is -2.11. The van der Waals surface area contributed by atoms with Gasteiger partial charge >= 0.3 is 0 Å². The molecule has 0 heterocycles. The van der Waals surface area contributed by atoms with Crippen LogP contribution in [0.3, 0.4) is 0 Å². The summed E-state index contributed by atoms with van der Waals surface area (Å²) in [6.45, 7) is 8.22. The predicted molar refractivity (Wildman–Crippen MR) is 96.1 cm³/mol. The van der Waals surface area contributed by atoms with E-state index in [1.807, 2.05) is 12.1 Å². The average Bonchev–Trinajstić information content (AvgIpc) is 2.54. The van der Waals surface area contributed by atoms with E-state index in [9.17, 15) is 5.11 Å². The lowest BCUT2D eigenvalue weighted by molar-refractivity contribution is 0.130. The molecule has 5 heteroatoms. The molecule has 0 saturated carbocycles. The van der Waals surface area contributed by atoms with Gasteiger partial charge in [-0.3, -0.25) is 4.99 Å². The third-order valence-corrected chi connectivity index (χ3v) is 3.32. The lowest BCUT2D eigenvalue weighted by Crippen LogP contribution is -2.38. The summed E-state index contributed by atoms with van der Waals surface area (Å²) in [5.41, 5.74) is 1.11. The Balaban J connectivity index is 2.23. The number of unbranched alkanes of at least 4 members (excludes halogenated alkanes) is 1. The molecule has 1 aromatic carbocycles. The first kappa shape index (κ1) is 19.3. The highest BCUT2D eigenvalue weighted by atomic mass is 16.5. The van der Waals surface area contributed by atoms with Gasteiger partial charge in [0.05, 0.1) is 0 Å². The van der Waals surface area contributed by atoms with Gasteiger partial charge in [-0.2, -0.15) is 0 Å². The van der Waals surface area contributed by atoms with Crippen molar-refractivity contribution in [1.29, 1.82) is 0 Å². The van der Waals surface area contributed by atoms with Crippen molar-refractivity contribution in [2.45, 2.75) is 39.5 Å². The highest BCUT2D eigenvalue weighted by Gasteiger charge is 1.98. The van der Waals surface area contributed by atoms with Crippen molar-refractivity contribution < 1.29 is 9.84 Å². The van der Waals surface area contributed by atoms with Crippen LogP contribution in [0.25, 0.3) is 0 Å². The summed E-state index contributed by atoms with van der Waals surface area (Å²) in [6.07, 6.45) is 4.08. The molecule has 23 heavy (non-hydrogen) atoms. The van der Waals surface area contributed by atoms with Gasteiger partial charge in [0.25, 0.3) is 0 Å². The number of rotatable bonds is 11. The fourth-order valence-corrected chi connectivity index (χ4v) is 2.08. The number of guanidine groups is 1. The largest absolute Gasteiger partial charge is 0.508 e. The van der Waals surface area contributed by atoms with Crippen molar-refractivity contribution in [3.63, 3.8) is 0 Å². The molecule has 3 N–H and O–H groups in total. The molecule has 0 bridgehead atoms. The molecule has 0 unspecified atom stereocenters. The van der Waals surface area contributed by atoms with Crippen molar-refractivity contribution in [3.05, 3.63) is 29.8 Å². The summed E-state index contributed by atoms with van der Waals surface area (Å²) in [6, 6.07) is 7.35. The first-order valence-electron chi connectivity index (χ1n) is 8.64. The van der Waals surface area contributed by atoms with E-state index in [1.54, 1.807) is 12.1 Å². The average molecular weight is 321 g/mol. The maximum atomic E-state index is 9.46. The van der Waals surface area contributed by atoms with Crippen molar-refractivity contribution in [3.8, 4) is 5.75 Å². The number of phenolic OH excluding ortho intramolecular Hbond substituents is 1. The molecule has 5 nitrogen and oxygen atoms in total. The van der Waals surface area contributed by atoms with Gasteiger partial charge in [0.15, 0.2) is 5.96 Å². The molecule has 0 aromatic heterocycles. The van der Waals surface area contributed by atoms with Gasteiger partial charge in [0, 0.05) is 32.8 Å². The summed E-state index contributed by atoms with van der Waals surface area (Å²) < 4.78 is 5.53. The van der Waals surface area contributed by atoms with E-state index in [0.29, 0.717) is 5.75 Å². The highest BCUT2D eigenvalue weighted by Crippen LogP contribution is 2.10. The fourth-order valence-electron chi connectivity index (χ4n) is 2.08. The van der Waals surface area contributed by atoms with Crippen LogP contribution in [0, 0.1) is 0 Å². The van der Waals surface area contributed by atoms with Gasteiger partial charge in [-0.25, -0.2) is 0 Å². The van der Waals surface area contributed by atoms with E-state index in [0.717, 1.165) is 63.6 Å². The zero-order valence-electron chi connectivity index (χ0n) is 14.5. The summed E-state index contributed by atoms with van der Waals surface area (Å²) in [5, 5.41) is 16.0. The molecule has 0 atom stereocenters. The molecule has 1 rings (SSSR count). The highest BCUT2D eigenvalue weighted by molar-refractivity contribution is 5.79. The Labute approximate surface area is 140 Å². The van der Waals surface area contributed by atoms with E-state index in [1.165, 1.54) is 6.42 Å². The zero-order valence-corrected chi connectivity index (χ0v) is 14.5. The molecule has 0 saturated heterocycles. The van der Waals surface area contributed by atoms with E-state index < -0.39 is 0 Å². The van der Waals surface area contributed by atoms with E-state index in [4.69, 9.17) is 4.74 Å². The molecule has 0 spiro atoms. The minimum atomic E-state index is 0.311. The van der Waals surface area contributed by atoms with E-state index in [-0.39, 0.29) is 0 Å². The van der Waals surface area contributed by atoms with Gasteiger partial charge in [-0.1, -0.05) is 25.5 Å². The van der Waals surface area contributed by atoms with Crippen molar-refractivity contribution in [2.24, 2.45) is 4.99 Å². The Kier molecular flexibility index (Phi) is 10.7. The van der Waals surface area contributed by atoms with Crippen LogP contribution >= 0.6 is 0 Å². The second-order valence-electron chi connectivity index (χ2n) is 5.43. The normalized spacial score (nSPS) is 11.5. The second-order valence-corrected chi connectivity index (χ2v) is 5.43. The van der Waals surface area contributed by atoms with E-state index >= 15 is 0 Å². The van der Waals surface area contributed by atoms with Crippen LogP contribution < -0.4 is 10.6 Å². The number of nitrogens with zero attached hydrogens (tertiary/aromatic N) is 1. The van der Waals surface area contributed by atoms with Crippen LogP contribution in [-0.4, -0.2) is 43.9 Å². The Bertz CT molecular complexity index is 450. The molecular weight excluding hydrogens is 290 g/mol. The fraction of sp³-hybridized carbons (Fsp3) is 0.611. The van der Waals surface area contributed by atoms with Crippen molar-refractivity contribution in [2.75, 3.05) is 32.8 Å². The number of aliphatic imine (C=N–C) groups is 1. The lowest BCUT2D eigenvalue weighted by atomic mass is 10.1. The molecule has 0 radical (unpaired) electrons. The minimum absolute atomic E-state index is 0.311. The molecule has 0 aliphatic rings. The quantitative estimate of drug-likeness (QED) is 0.333. The van der Waals surface area contributed by atoms with Crippen molar-refractivity contribution >= 4 is 5.96 Å². The molecule has 0 aliphatic heterocycles. The minimum Gasteiger partial charge on any atom is -0.508 e. The number of ether oxygens (including phenoxy) is 1. The van der Waals surface area contributed by atoms with Crippen LogP contribution in [0.2, 0.25) is 0 Å². The predicted octanol–water partition coefficient (Wildman–Crippen LogP) is 2.70. The van der Waals surface area contributed by atoms with E-state index in [2.05, 4.69) is 29.5 Å². The van der Waals surface area contributed by atoms with Crippen molar-refractivity contribution in [1.82, 2.24) is 10.6 Å². The van der Waals surface area contributed by atoms with Gasteiger partial charge in [-0.05, 0) is 43.9 Å². The second kappa shape index (κ2) is 12.8. The SMILES string of the molecule is CCCCOCCCN=C(NCC)NCCc1cccc(O)c1. The topological polar surface area (TPSA) is 65.9 Å². The monoisotopic (exact) mass is 321 g/mol. The van der Waals surface area contributed by atoms with Crippen LogP contribution in [-0.2, 0) is 11.2 Å². The smallest absolute Gasteiger partial charge is 0.191 e. The Morgan fingerprint density at radius 2 is 2.00 bits per heavy atom. The number of nitrogens with one attached hydrogen (secondary N) is 2. The summed E-state index contributed by atoms with van der Waals surface area (Å²) in [5.74, 6) is 1.15. The Morgan fingerprint density at radius 1 is 1.17 bits per heavy atom. The van der Waals surface area contributed by atoms with Gasteiger partial charge < -0.3 is 20.5 Å². The third-order valence-electron chi connectivity index (χ3n) is 3.32. The maximum Gasteiger partial charge on any atom is 0.191 e. The van der Waals surface area contributed by atoms with Crippen LogP contribution in [0.1, 0.15) is 38.7 Å². The summed E-state index contributed by atoms with van der Waals surface area (Å²) in [7, 11) is 0. The van der Waals surface area contributed by atoms with Crippen LogP contribution in [0.4, 0.5) is 0 Å². The number of hydrogen-bond acceptors (Lipinski definition) is 3. The first-order chi connectivity index (χ1) is 11.3. The molecular formula is C18H31N3O2. The number of hydrogen-bond donors (Lipinski definition) is 3. The molecule has 1 aromatic rings. The van der Waals surface area contributed by atoms with Gasteiger partial charge in [0.1, 0.15) is 5.75 Å². The van der Waals surface area contributed by atoms with Crippen LogP contribution in [0.5, 0.6) is 5.75 Å². The molecule has 0 aliphatic carbocycles. The number of phenols is 1. The van der Waals surface area contributed by atoms with Gasteiger partial charge in [-0.15, -0.1) is 0 Å². The molecule has 0 amide bonds. The summed E-state index contributed by atoms with van der Waals surface area (Å²) >= 11 is 0. The first-order valence-corrected chi connectivity index (χ1v) is 8.64. The Morgan fingerprint density at radius 3 is 2.74 bits per heavy atom. The maximum absolute atomic E-state index is 9.46. The van der Waals surface area contributed by atoms with Crippen LogP contribution in [0.15, 0.2) is 29.3 Å². The molecule has 130 valence electrons. The number of aromatic hydroxyl groups is 1. The standard InChI is InChI=1S/C18H31N3O2/c1-3-5-13-23-14-7-11-20-18(19-4-2)21-12-10-16-8-6-9-17(22)15-16/h6,8-9,15,22H,3-5,7,10-14H2,1-2H3,(H2,19,20,21). The third kappa shape index (κ3) is 9.79. The number of benzene rings is 1. The molecule has 0 fully saturated rings. The van der Waals surface area contributed by atoms with Gasteiger partial charge in [0.2, 0.25) is 0 Å². The summed E-state index contributed by atoms with van der Waals surface area (Å²) in [4.78, 5) is 4.55. The Hall–Kier alpha value is -1.75.